The van der Waals surface area contributed by atoms with Crippen molar-refractivity contribution in [2.75, 3.05) is 39.9 Å². The van der Waals surface area contributed by atoms with Crippen LogP contribution in [0.1, 0.15) is 25.7 Å². The fourth-order valence-corrected chi connectivity index (χ4v) is 2.93. The van der Waals surface area contributed by atoms with Gasteiger partial charge in [0.15, 0.2) is 0 Å². The van der Waals surface area contributed by atoms with Gasteiger partial charge in [-0.15, -0.1) is 0 Å². The molecule has 2 aliphatic rings. The maximum absolute atomic E-state index is 11.9. The summed E-state index contributed by atoms with van der Waals surface area (Å²) < 4.78 is 4.86. The summed E-state index contributed by atoms with van der Waals surface area (Å²) in [7, 11) is 1.53. The molecule has 2 aliphatic heterocycles. The molecule has 6 heteroatoms. The van der Waals surface area contributed by atoms with Gasteiger partial charge < -0.3 is 20.3 Å². The number of carbonyl (C=O) groups is 2. The van der Waals surface area contributed by atoms with Crippen LogP contribution in [0.5, 0.6) is 0 Å². The summed E-state index contributed by atoms with van der Waals surface area (Å²) in [5.74, 6) is 0.674. The van der Waals surface area contributed by atoms with Crippen LogP contribution in [0, 0.1) is 5.92 Å². The topological polar surface area (TPSA) is 70.7 Å². The second-order valence-electron chi connectivity index (χ2n) is 5.72. The lowest BCUT2D eigenvalue weighted by molar-refractivity contribution is -0.136. The summed E-state index contributed by atoms with van der Waals surface area (Å²) in [6, 6.07) is 0.212. The van der Waals surface area contributed by atoms with Crippen molar-refractivity contribution in [3.05, 3.63) is 0 Å². The van der Waals surface area contributed by atoms with Crippen LogP contribution in [0.4, 0.5) is 0 Å². The first-order valence-electron chi connectivity index (χ1n) is 7.46. The van der Waals surface area contributed by atoms with E-state index in [4.69, 9.17) is 4.74 Å². The Labute approximate surface area is 120 Å². The van der Waals surface area contributed by atoms with Crippen molar-refractivity contribution in [1.82, 2.24) is 15.5 Å². The van der Waals surface area contributed by atoms with E-state index in [1.54, 1.807) is 0 Å². The van der Waals surface area contributed by atoms with Gasteiger partial charge in [0.25, 0.3) is 0 Å². The highest BCUT2D eigenvalue weighted by molar-refractivity contribution is 5.78. The Morgan fingerprint density at radius 1 is 1.30 bits per heavy atom. The van der Waals surface area contributed by atoms with Crippen molar-refractivity contribution >= 4 is 11.8 Å². The van der Waals surface area contributed by atoms with E-state index in [9.17, 15) is 9.59 Å². The quantitative estimate of drug-likeness (QED) is 0.729. The highest BCUT2D eigenvalue weighted by Gasteiger charge is 2.25. The molecule has 0 aromatic heterocycles. The van der Waals surface area contributed by atoms with Crippen LogP contribution in [0.25, 0.3) is 0 Å². The molecule has 0 aromatic carbocycles. The van der Waals surface area contributed by atoms with E-state index in [2.05, 4.69) is 10.6 Å². The third kappa shape index (κ3) is 4.45. The number of nitrogens with zero attached hydrogens (tertiary/aromatic N) is 1. The van der Waals surface area contributed by atoms with E-state index in [0.717, 1.165) is 32.4 Å². The van der Waals surface area contributed by atoms with Gasteiger partial charge in [0.1, 0.15) is 6.61 Å². The molecule has 0 radical (unpaired) electrons. The van der Waals surface area contributed by atoms with E-state index < -0.39 is 0 Å². The SMILES string of the molecule is COCC(=O)N1CCC(NC(=O)CC2CCNC2)CC1. The molecule has 0 spiro atoms. The number of piperidine rings is 1. The first-order chi connectivity index (χ1) is 9.69. The number of carbonyl (C=O) groups excluding carboxylic acids is 2. The second kappa shape index (κ2) is 7.59. The zero-order valence-electron chi connectivity index (χ0n) is 12.2. The number of nitrogens with one attached hydrogen (secondary N) is 2. The minimum atomic E-state index is 0.0364. The van der Waals surface area contributed by atoms with Gasteiger partial charge >= 0.3 is 0 Å². The molecule has 2 rings (SSSR count). The molecule has 0 bridgehead atoms. The van der Waals surface area contributed by atoms with Gasteiger partial charge in [-0.2, -0.15) is 0 Å². The molecule has 2 fully saturated rings. The normalized spacial score (nSPS) is 23.9. The summed E-state index contributed by atoms with van der Waals surface area (Å²) >= 11 is 0. The average Bonchev–Trinajstić information content (AvgIpc) is 2.92. The first kappa shape index (κ1) is 15.3. The van der Waals surface area contributed by atoms with E-state index in [-0.39, 0.29) is 24.5 Å². The van der Waals surface area contributed by atoms with Crippen LogP contribution in [0.2, 0.25) is 0 Å². The van der Waals surface area contributed by atoms with Gasteiger partial charge in [0, 0.05) is 32.7 Å². The van der Waals surface area contributed by atoms with E-state index in [0.29, 0.717) is 25.4 Å². The largest absolute Gasteiger partial charge is 0.375 e. The maximum atomic E-state index is 11.9. The van der Waals surface area contributed by atoms with Gasteiger partial charge in [0.2, 0.25) is 11.8 Å². The fourth-order valence-electron chi connectivity index (χ4n) is 2.93. The molecule has 2 heterocycles. The van der Waals surface area contributed by atoms with Crippen LogP contribution in [0.15, 0.2) is 0 Å². The number of hydrogen-bond acceptors (Lipinski definition) is 4. The number of amides is 2. The van der Waals surface area contributed by atoms with E-state index in [1.807, 2.05) is 4.90 Å². The zero-order chi connectivity index (χ0) is 14.4. The van der Waals surface area contributed by atoms with Crippen molar-refractivity contribution in [2.45, 2.75) is 31.7 Å². The van der Waals surface area contributed by atoms with Crippen LogP contribution in [-0.4, -0.2) is 62.7 Å². The second-order valence-corrected chi connectivity index (χ2v) is 5.72. The predicted octanol–water partition coefficient (Wildman–Crippen LogP) is -0.260. The number of rotatable bonds is 5. The third-order valence-corrected chi connectivity index (χ3v) is 4.12. The summed E-state index contributed by atoms with van der Waals surface area (Å²) in [6.07, 6.45) is 3.39. The molecule has 1 atom stereocenters. The Morgan fingerprint density at radius 2 is 2.05 bits per heavy atom. The molecule has 2 saturated heterocycles. The van der Waals surface area contributed by atoms with Gasteiger partial charge in [-0.1, -0.05) is 0 Å². The van der Waals surface area contributed by atoms with Crippen LogP contribution in [-0.2, 0) is 14.3 Å². The van der Waals surface area contributed by atoms with E-state index >= 15 is 0 Å². The highest BCUT2D eigenvalue weighted by atomic mass is 16.5. The molecular weight excluding hydrogens is 258 g/mol. The molecule has 1 unspecified atom stereocenters. The van der Waals surface area contributed by atoms with Crippen molar-refractivity contribution in [3.63, 3.8) is 0 Å². The van der Waals surface area contributed by atoms with Crippen molar-refractivity contribution in [2.24, 2.45) is 5.92 Å². The number of likely N-dealkylation sites (tertiary alicyclic amines) is 1. The molecule has 2 N–H and O–H groups in total. The first-order valence-corrected chi connectivity index (χ1v) is 7.46. The summed E-state index contributed by atoms with van der Waals surface area (Å²) in [5, 5.41) is 6.38. The molecule has 6 nitrogen and oxygen atoms in total. The fraction of sp³-hybridized carbons (Fsp3) is 0.857. The highest BCUT2D eigenvalue weighted by Crippen LogP contribution is 2.14. The average molecular weight is 283 g/mol. The lowest BCUT2D eigenvalue weighted by Gasteiger charge is -2.32. The van der Waals surface area contributed by atoms with Gasteiger partial charge in [-0.25, -0.2) is 0 Å². The molecule has 2 amide bonds. The lowest BCUT2D eigenvalue weighted by atomic mass is 10.0. The maximum Gasteiger partial charge on any atom is 0.248 e. The standard InChI is InChI=1S/C14H25N3O3/c1-20-10-14(19)17-6-3-12(4-7-17)16-13(18)8-11-2-5-15-9-11/h11-12,15H,2-10H2,1H3,(H,16,18). The number of methoxy groups -OCH3 is 1. The smallest absolute Gasteiger partial charge is 0.248 e. The van der Waals surface area contributed by atoms with Crippen molar-refractivity contribution in [3.8, 4) is 0 Å². The van der Waals surface area contributed by atoms with Crippen LogP contribution < -0.4 is 10.6 Å². The predicted molar refractivity (Wildman–Crippen MR) is 75.2 cm³/mol. The molecular formula is C14H25N3O3. The molecule has 0 aliphatic carbocycles. The zero-order valence-corrected chi connectivity index (χ0v) is 12.2. The van der Waals surface area contributed by atoms with Gasteiger partial charge in [0.05, 0.1) is 0 Å². The Kier molecular flexibility index (Phi) is 5.79. The number of ether oxygens (including phenoxy) is 1. The Balaban J connectivity index is 1.65. The molecule has 0 aromatic rings. The Morgan fingerprint density at radius 3 is 2.65 bits per heavy atom. The van der Waals surface area contributed by atoms with Crippen LogP contribution in [0.3, 0.4) is 0 Å². The van der Waals surface area contributed by atoms with Crippen LogP contribution >= 0.6 is 0 Å². The Hall–Kier alpha value is -1.14. The number of hydrogen-bond donors (Lipinski definition) is 2. The third-order valence-electron chi connectivity index (χ3n) is 4.12. The van der Waals surface area contributed by atoms with Crippen molar-refractivity contribution in [1.29, 1.82) is 0 Å². The molecule has 114 valence electrons. The minimum Gasteiger partial charge on any atom is -0.375 e. The van der Waals surface area contributed by atoms with Gasteiger partial charge in [-0.3, -0.25) is 9.59 Å². The molecule has 20 heavy (non-hydrogen) atoms. The summed E-state index contributed by atoms with van der Waals surface area (Å²) in [6.45, 7) is 3.54. The minimum absolute atomic E-state index is 0.0364. The van der Waals surface area contributed by atoms with Crippen molar-refractivity contribution < 1.29 is 14.3 Å². The Bertz CT molecular complexity index is 335. The van der Waals surface area contributed by atoms with E-state index in [1.165, 1.54) is 7.11 Å². The summed E-state index contributed by atoms with van der Waals surface area (Å²) in [4.78, 5) is 25.4. The lowest BCUT2D eigenvalue weighted by Crippen LogP contribution is -2.47. The van der Waals surface area contributed by atoms with Gasteiger partial charge in [-0.05, 0) is 38.3 Å². The monoisotopic (exact) mass is 283 g/mol. The summed E-state index contributed by atoms with van der Waals surface area (Å²) in [5.41, 5.74) is 0. The molecule has 0 saturated carbocycles.